The Bertz CT molecular complexity index is 872. The predicted molar refractivity (Wildman–Crippen MR) is 115 cm³/mol. The predicted octanol–water partition coefficient (Wildman–Crippen LogP) is 4.57. The number of amides is 1. The summed E-state index contributed by atoms with van der Waals surface area (Å²) in [6.45, 7) is 7.58. The molecule has 6 heteroatoms. The molecule has 0 bridgehead atoms. The third kappa shape index (κ3) is 5.19. The molecule has 0 saturated carbocycles. The molecule has 2 aromatic carbocycles. The van der Waals surface area contributed by atoms with Gasteiger partial charge in [-0.3, -0.25) is 4.79 Å². The summed E-state index contributed by atoms with van der Waals surface area (Å²) in [7, 11) is 0. The van der Waals surface area contributed by atoms with Crippen LogP contribution in [0.1, 0.15) is 51.2 Å². The second-order valence-electron chi connectivity index (χ2n) is 8.61. The topological polar surface area (TPSA) is 84.9 Å². The van der Waals surface area contributed by atoms with Gasteiger partial charge in [0.2, 0.25) is 0 Å². The molecule has 0 aliphatic heterocycles. The van der Waals surface area contributed by atoms with Crippen molar-refractivity contribution in [2.24, 2.45) is 0 Å². The molecule has 0 radical (unpaired) electrons. The Kier molecular flexibility index (Phi) is 6.46. The van der Waals surface area contributed by atoms with E-state index in [4.69, 9.17) is 9.47 Å². The number of aliphatic carboxylic acids is 1. The van der Waals surface area contributed by atoms with Gasteiger partial charge in [0.05, 0.1) is 24.2 Å². The molecule has 6 nitrogen and oxygen atoms in total. The number of alkyl carbamates (subject to hydrolysis) is 1. The SMILES string of the molecule is CC(OC(C)(C)C)[C@H](CC(=O)O)NC(=O)OCC1c2ccccc2-c2ccccc21. The Labute approximate surface area is 177 Å². The van der Waals surface area contributed by atoms with Crippen LogP contribution < -0.4 is 5.32 Å². The van der Waals surface area contributed by atoms with E-state index in [0.717, 1.165) is 22.3 Å². The Morgan fingerprint density at radius 3 is 2.07 bits per heavy atom. The maximum atomic E-state index is 12.5. The lowest BCUT2D eigenvalue weighted by atomic mass is 9.98. The first kappa shape index (κ1) is 21.8. The second kappa shape index (κ2) is 8.88. The molecule has 30 heavy (non-hydrogen) atoms. The normalized spacial score (nSPS) is 15.1. The van der Waals surface area contributed by atoms with E-state index in [1.165, 1.54) is 0 Å². The number of carbonyl (C=O) groups is 2. The van der Waals surface area contributed by atoms with Crippen molar-refractivity contribution in [3.63, 3.8) is 0 Å². The largest absolute Gasteiger partial charge is 0.481 e. The fourth-order valence-electron chi connectivity index (χ4n) is 3.95. The molecular formula is C24H29NO5. The number of carboxylic acids is 1. The molecule has 1 aliphatic carbocycles. The van der Waals surface area contributed by atoms with E-state index in [0.29, 0.717) is 0 Å². The van der Waals surface area contributed by atoms with E-state index in [-0.39, 0.29) is 18.9 Å². The molecule has 0 heterocycles. The van der Waals surface area contributed by atoms with E-state index in [2.05, 4.69) is 17.4 Å². The summed E-state index contributed by atoms with van der Waals surface area (Å²) >= 11 is 0. The third-order valence-corrected chi connectivity index (χ3v) is 5.15. The summed E-state index contributed by atoms with van der Waals surface area (Å²) in [6, 6.07) is 15.5. The number of carboxylic acid groups (broad SMARTS) is 1. The van der Waals surface area contributed by atoms with Gasteiger partial charge in [0, 0.05) is 5.92 Å². The highest BCUT2D eigenvalue weighted by molar-refractivity contribution is 5.79. The monoisotopic (exact) mass is 411 g/mol. The summed E-state index contributed by atoms with van der Waals surface area (Å²) in [4.78, 5) is 23.8. The van der Waals surface area contributed by atoms with Gasteiger partial charge in [0.15, 0.2) is 0 Å². The molecule has 0 fully saturated rings. The molecule has 2 aromatic rings. The minimum Gasteiger partial charge on any atom is -0.481 e. The Morgan fingerprint density at radius 1 is 1.03 bits per heavy atom. The Morgan fingerprint density at radius 2 is 1.57 bits per heavy atom. The van der Waals surface area contributed by atoms with Crippen molar-refractivity contribution in [3.05, 3.63) is 59.7 Å². The minimum atomic E-state index is -1.01. The quantitative estimate of drug-likeness (QED) is 0.697. The smallest absolute Gasteiger partial charge is 0.407 e. The number of benzene rings is 2. The van der Waals surface area contributed by atoms with Crippen molar-refractivity contribution in [2.45, 2.75) is 57.8 Å². The van der Waals surface area contributed by atoms with Gasteiger partial charge in [-0.05, 0) is 49.9 Å². The van der Waals surface area contributed by atoms with Crippen LogP contribution in [0, 0.1) is 0 Å². The molecule has 3 rings (SSSR count). The number of rotatable bonds is 7. The molecular weight excluding hydrogens is 382 g/mol. The average Bonchev–Trinajstić information content (AvgIpc) is 2.98. The lowest BCUT2D eigenvalue weighted by Crippen LogP contribution is -2.47. The van der Waals surface area contributed by atoms with Crippen molar-refractivity contribution in [2.75, 3.05) is 6.61 Å². The van der Waals surface area contributed by atoms with Crippen LogP contribution in [0.25, 0.3) is 11.1 Å². The van der Waals surface area contributed by atoms with E-state index in [9.17, 15) is 14.7 Å². The van der Waals surface area contributed by atoms with Crippen molar-refractivity contribution >= 4 is 12.1 Å². The molecule has 0 spiro atoms. The van der Waals surface area contributed by atoms with Gasteiger partial charge in [0.1, 0.15) is 6.61 Å². The summed E-state index contributed by atoms with van der Waals surface area (Å²) in [6.07, 6.45) is -1.38. The minimum absolute atomic E-state index is 0.0516. The number of carbonyl (C=O) groups excluding carboxylic acids is 1. The average molecular weight is 411 g/mol. The molecule has 0 aromatic heterocycles. The highest BCUT2D eigenvalue weighted by atomic mass is 16.6. The molecule has 2 atom stereocenters. The van der Waals surface area contributed by atoms with Crippen LogP contribution in [0.2, 0.25) is 0 Å². The standard InChI is InChI=1S/C24H29NO5/c1-15(30-24(2,3)4)21(13-22(26)27)25-23(28)29-14-20-18-11-7-5-9-16(18)17-10-6-8-12-19(17)20/h5-12,15,20-21H,13-14H2,1-4H3,(H,25,28)(H,26,27)/t15?,21-/m0/s1. The van der Waals surface area contributed by atoms with Gasteiger partial charge in [-0.15, -0.1) is 0 Å². The van der Waals surface area contributed by atoms with E-state index < -0.39 is 29.8 Å². The summed E-state index contributed by atoms with van der Waals surface area (Å²) in [5.41, 5.74) is 4.09. The summed E-state index contributed by atoms with van der Waals surface area (Å²) in [5.74, 6) is -1.06. The zero-order valence-corrected chi connectivity index (χ0v) is 17.8. The van der Waals surface area contributed by atoms with Crippen LogP contribution in [-0.2, 0) is 14.3 Å². The lowest BCUT2D eigenvalue weighted by Gasteiger charge is -2.30. The van der Waals surface area contributed by atoms with E-state index >= 15 is 0 Å². The number of nitrogens with one attached hydrogen (secondary N) is 1. The fraction of sp³-hybridized carbons (Fsp3) is 0.417. The first-order valence-corrected chi connectivity index (χ1v) is 10.2. The lowest BCUT2D eigenvalue weighted by molar-refractivity contribution is -0.139. The molecule has 1 unspecified atom stereocenters. The highest BCUT2D eigenvalue weighted by Crippen LogP contribution is 2.44. The zero-order valence-electron chi connectivity index (χ0n) is 17.8. The Hall–Kier alpha value is -2.86. The van der Waals surface area contributed by atoms with Crippen LogP contribution >= 0.6 is 0 Å². The zero-order chi connectivity index (χ0) is 21.9. The molecule has 1 aliphatic rings. The van der Waals surface area contributed by atoms with Gasteiger partial charge in [-0.25, -0.2) is 4.79 Å². The van der Waals surface area contributed by atoms with Crippen LogP contribution in [-0.4, -0.2) is 41.5 Å². The van der Waals surface area contributed by atoms with E-state index in [1.807, 2.05) is 57.2 Å². The first-order valence-electron chi connectivity index (χ1n) is 10.2. The maximum absolute atomic E-state index is 12.5. The molecule has 0 saturated heterocycles. The molecule has 1 amide bonds. The van der Waals surface area contributed by atoms with Crippen LogP contribution in [0.5, 0.6) is 0 Å². The molecule has 2 N–H and O–H groups in total. The van der Waals surface area contributed by atoms with Crippen LogP contribution in [0.15, 0.2) is 48.5 Å². The van der Waals surface area contributed by atoms with Crippen molar-refractivity contribution < 1.29 is 24.2 Å². The van der Waals surface area contributed by atoms with Crippen LogP contribution in [0.3, 0.4) is 0 Å². The van der Waals surface area contributed by atoms with Gasteiger partial charge < -0.3 is 19.9 Å². The van der Waals surface area contributed by atoms with Crippen LogP contribution in [0.4, 0.5) is 4.79 Å². The summed E-state index contributed by atoms with van der Waals surface area (Å²) < 4.78 is 11.4. The Balaban J connectivity index is 1.68. The number of ether oxygens (including phenoxy) is 2. The third-order valence-electron chi connectivity index (χ3n) is 5.15. The van der Waals surface area contributed by atoms with Crippen molar-refractivity contribution in [1.29, 1.82) is 0 Å². The first-order chi connectivity index (χ1) is 14.2. The highest BCUT2D eigenvalue weighted by Gasteiger charge is 2.31. The number of hydrogen-bond donors (Lipinski definition) is 2. The number of fused-ring (bicyclic) bond motifs is 3. The van der Waals surface area contributed by atoms with Gasteiger partial charge in [-0.1, -0.05) is 48.5 Å². The molecule has 160 valence electrons. The van der Waals surface area contributed by atoms with Gasteiger partial charge in [0.25, 0.3) is 0 Å². The van der Waals surface area contributed by atoms with Gasteiger partial charge >= 0.3 is 12.1 Å². The number of hydrogen-bond acceptors (Lipinski definition) is 4. The van der Waals surface area contributed by atoms with E-state index in [1.54, 1.807) is 6.92 Å². The van der Waals surface area contributed by atoms with Crippen molar-refractivity contribution in [3.8, 4) is 11.1 Å². The fourth-order valence-corrected chi connectivity index (χ4v) is 3.95. The maximum Gasteiger partial charge on any atom is 0.407 e. The summed E-state index contributed by atoms with van der Waals surface area (Å²) in [5, 5.41) is 11.9. The van der Waals surface area contributed by atoms with Crippen molar-refractivity contribution in [1.82, 2.24) is 5.32 Å². The second-order valence-corrected chi connectivity index (χ2v) is 8.61. The van der Waals surface area contributed by atoms with Gasteiger partial charge in [-0.2, -0.15) is 0 Å².